The number of hydrogen-bond acceptors (Lipinski definition) is 7. The molecule has 8 nitrogen and oxygen atoms in total. The summed E-state index contributed by atoms with van der Waals surface area (Å²) in [6.07, 6.45) is 5.10. The molecule has 142 valence electrons. The lowest BCUT2D eigenvalue weighted by Crippen LogP contribution is -2.47. The maximum atomic E-state index is 12.7. The molecule has 2 N–H and O–H groups in total. The molecule has 4 heterocycles. The van der Waals surface area contributed by atoms with Gasteiger partial charge in [0.15, 0.2) is 0 Å². The van der Waals surface area contributed by atoms with Gasteiger partial charge in [-0.2, -0.15) is 0 Å². The zero-order chi connectivity index (χ0) is 19.0. The summed E-state index contributed by atoms with van der Waals surface area (Å²) in [5.41, 5.74) is 1.05. The smallest absolute Gasteiger partial charge is 0.345 e. The van der Waals surface area contributed by atoms with Crippen molar-refractivity contribution in [2.45, 2.75) is 24.9 Å². The van der Waals surface area contributed by atoms with E-state index in [0.717, 1.165) is 16.9 Å². The highest BCUT2D eigenvalue weighted by Crippen LogP contribution is 2.45. The van der Waals surface area contributed by atoms with Gasteiger partial charge in [0.2, 0.25) is 5.95 Å². The van der Waals surface area contributed by atoms with Gasteiger partial charge in [0.05, 0.1) is 12.2 Å². The van der Waals surface area contributed by atoms with E-state index in [2.05, 4.69) is 15.3 Å². The molecule has 0 aliphatic carbocycles. The second kappa shape index (κ2) is 6.90. The highest BCUT2D eigenvalue weighted by Gasteiger charge is 2.43. The predicted octanol–water partition coefficient (Wildman–Crippen LogP) is 1.98. The average Bonchev–Trinajstić information content (AvgIpc) is 3.15. The number of aromatic carboxylic acids is 1. The summed E-state index contributed by atoms with van der Waals surface area (Å²) in [5, 5.41) is 12.1. The topological polar surface area (TPSA) is 105 Å². The van der Waals surface area contributed by atoms with Crippen molar-refractivity contribution < 1.29 is 19.4 Å². The van der Waals surface area contributed by atoms with E-state index in [-0.39, 0.29) is 5.91 Å². The number of carboxylic acids is 1. The van der Waals surface area contributed by atoms with Crippen LogP contribution in [0.5, 0.6) is 0 Å². The third-order valence-electron chi connectivity index (χ3n) is 5.16. The number of nitrogens with one attached hydrogen (secondary N) is 1. The molecule has 2 aromatic rings. The van der Waals surface area contributed by atoms with Crippen molar-refractivity contribution >= 4 is 29.2 Å². The van der Waals surface area contributed by atoms with E-state index in [1.54, 1.807) is 18.0 Å². The van der Waals surface area contributed by atoms with Crippen LogP contribution in [0.15, 0.2) is 18.5 Å². The van der Waals surface area contributed by atoms with Gasteiger partial charge in [-0.1, -0.05) is 0 Å². The molecule has 1 fully saturated rings. The second-order valence-electron chi connectivity index (χ2n) is 6.70. The molecule has 2 aliphatic rings. The monoisotopic (exact) mass is 388 g/mol. The average molecular weight is 388 g/mol. The van der Waals surface area contributed by atoms with Gasteiger partial charge in [0.25, 0.3) is 5.91 Å². The number of fused-ring (bicyclic) bond motifs is 2. The molecule has 9 heteroatoms. The Bertz CT molecular complexity index is 872. The molecule has 0 saturated carbocycles. The van der Waals surface area contributed by atoms with Crippen LogP contribution in [0.4, 0.5) is 5.95 Å². The van der Waals surface area contributed by atoms with E-state index in [1.807, 2.05) is 0 Å². The Kier molecular flexibility index (Phi) is 4.56. The van der Waals surface area contributed by atoms with Crippen molar-refractivity contribution in [1.82, 2.24) is 14.9 Å². The minimum atomic E-state index is -0.901. The number of piperidine rings is 1. The van der Waals surface area contributed by atoms with Crippen molar-refractivity contribution in [3.05, 3.63) is 39.3 Å². The molecule has 0 bridgehead atoms. The van der Waals surface area contributed by atoms with Gasteiger partial charge in [-0.15, -0.1) is 11.3 Å². The van der Waals surface area contributed by atoms with Crippen molar-refractivity contribution in [2.75, 3.05) is 32.1 Å². The van der Waals surface area contributed by atoms with Crippen molar-refractivity contribution in [1.29, 1.82) is 0 Å². The van der Waals surface area contributed by atoms with E-state index >= 15 is 0 Å². The van der Waals surface area contributed by atoms with Crippen LogP contribution >= 0.6 is 11.3 Å². The largest absolute Gasteiger partial charge is 0.477 e. The highest BCUT2D eigenvalue weighted by molar-refractivity contribution is 7.14. The minimum absolute atomic E-state index is 0.0964. The molecule has 0 unspecified atom stereocenters. The predicted molar refractivity (Wildman–Crippen MR) is 99.3 cm³/mol. The summed E-state index contributed by atoms with van der Waals surface area (Å²) in [7, 11) is 1.72. The number of carboxylic acid groups (broad SMARTS) is 1. The molecule has 1 spiro atoms. The fraction of sp³-hybridized carbons (Fsp3) is 0.444. The van der Waals surface area contributed by atoms with E-state index in [9.17, 15) is 14.7 Å². The van der Waals surface area contributed by atoms with E-state index in [1.165, 1.54) is 23.7 Å². The number of amides is 1. The Morgan fingerprint density at radius 3 is 2.63 bits per heavy atom. The summed E-state index contributed by atoms with van der Waals surface area (Å²) in [6, 6.07) is 1.77. The Balaban J connectivity index is 1.50. The van der Waals surface area contributed by atoms with Crippen LogP contribution in [0.3, 0.4) is 0 Å². The lowest BCUT2D eigenvalue weighted by molar-refractivity contribution is -0.0906. The summed E-state index contributed by atoms with van der Waals surface area (Å²) in [4.78, 5) is 35.4. The van der Waals surface area contributed by atoms with E-state index in [0.29, 0.717) is 48.9 Å². The van der Waals surface area contributed by atoms with E-state index < -0.39 is 11.6 Å². The van der Waals surface area contributed by atoms with Gasteiger partial charge < -0.3 is 20.1 Å². The molecule has 27 heavy (non-hydrogen) atoms. The number of aromatic nitrogens is 2. The molecule has 0 atom stereocenters. The summed E-state index contributed by atoms with van der Waals surface area (Å²) in [6.45, 7) is 1.68. The number of likely N-dealkylation sites (tertiary alicyclic amines) is 1. The van der Waals surface area contributed by atoms with Crippen LogP contribution in [0.1, 0.15) is 43.3 Å². The maximum Gasteiger partial charge on any atom is 0.345 e. The Morgan fingerprint density at radius 1 is 1.30 bits per heavy atom. The number of carbonyl (C=O) groups excluding carboxylic acids is 1. The molecule has 0 aromatic carbocycles. The fourth-order valence-electron chi connectivity index (χ4n) is 3.72. The van der Waals surface area contributed by atoms with Crippen LogP contribution in [0, 0.1) is 0 Å². The number of rotatable bonds is 3. The fourth-order valence-corrected chi connectivity index (χ4v) is 4.97. The van der Waals surface area contributed by atoms with Gasteiger partial charge in [-0.25, -0.2) is 14.8 Å². The van der Waals surface area contributed by atoms with Gasteiger partial charge in [-0.3, -0.25) is 4.79 Å². The summed E-state index contributed by atoms with van der Waals surface area (Å²) < 4.78 is 6.14. The molecular formula is C18H20N4O4S. The first-order valence-corrected chi connectivity index (χ1v) is 9.63. The number of carbonyl (C=O) groups is 2. The van der Waals surface area contributed by atoms with Gasteiger partial charge in [0, 0.05) is 37.4 Å². The zero-order valence-corrected chi connectivity index (χ0v) is 15.7. The summed E-state index contributed by atoms with van der Waals surface area (Å²) >= 11 is 1.30. The van der Waals surface area contributed by atoms with Crippen molar-refractivity contribution in [2.24, 2.45) is 0 Å². The molecule has 2 aromatic heterocycles. The van der Waals surface area contributed by atoms with Gasteiger partial charge >= 0.3 is 5.97 Å². The molecular weight excluding hydrogens is 368 g/mol. The quantitative estimate of drug-likeness (QED) is 0.828. The highest BCUT2D eigenvalue weighted by atomic mass is 32.1. The first kappa shape index (κ1) is 17.9. The van der Waals surface area contributed by atoms with Crippen LogP contribution in [0.25, 0.3) is 0 Å². The zero-order valence-electron chi connectivity index (χ0n) is 14.9. The SMILES string of the molecule is CNc1ncc(C(=O)N2CCC3(CC2)OCCc2cc(C(=O)O)sc23)cn1. The number of thiophene rings is 1. The number of ether oxygens (including phenoxy) is 1. The Morgan fingerprint density at radius 2 is 2.00 bits per heavy atom. The standard InChI is InChI=1S/C18H20N4O4S/c1-19-17-20-9-12(10-21-17)15(23)22-5-3-18(4-6-22)14-11(2-7-26-18)8-13(27-14)16(24)25/h8-10H,2-7H2,1H3,(H,24,25)(H,19,20,21). The molecule has 0 radical (unpaired) electrons. The Labute approximate surface area is 160 Å². The number of nitrogens with zero attached hydrogens (tertiary/aromatic N) is 3. The van der Waals surface area contributed by atoms with Crippen LogP contribution < -0.4 is 5.32 Å². The summed E-state index contributed by atoms with van der Waals surface area (Å²) in [5.74, 6) is -0.526. The third kappa shape index (κ3) is 3.17. The normalized spacial score (nSPS) is 18.2. The number of anilines is 1. The first-order valence-electron chi connectivity index (χ1n) is 8.82. The van der Waals surface area contributed by atoms with Gasteiger partial charge in [-0.05, 0) is 30.9 Å². The number of hydrogen-bond donors (Lipinski definition) is 2. The second-order valence-corrected chi connectivity index (χ2v) is 7.75. The van der Waals surface area contributed by atoms with Crippen LogP contribution in [-0.4, -0.2) is 58.6 Å². The lowest BCUT2D eigenvalue weighted by Gasteiger charge is -2.43. The molecule has 4 rings (SSSR count). The van der Waals surface area contributed by atoms with Gasteiger partial charge in [0.1, 0.15) is 10.5 Å². The first-order chi connectivity index (χ1) is 13.0. The van der Waals surface area contributed by atoms with Crippen LogP contribution in [0.2, 0.25) is 0 Å². The van der Waals surface area contributed by atoms with Crippen molar-refractivity contribution in [3.63, 3.8) is 0 Å². The van der Waals surface area contributed by atoms with Crippen molar-refractivity contribution in [3.8, 4) is 0 Å². The maximum absolute atomic E-state index is 12.7. The van der Waals surface area contributed by atoms with Crippen LogP contribution in [-0.2, 0) is 16.8 Å². The molecule has 1 amide bonds. The Hall–Kier alpha value is -2.52. The molecule has 1 saturated heterocycles. The minimum Gasteiger partial charge on any atom is -0.477 e. The lowest BCUT2D eigenvalue weighted by atomic mass is 9.85. The van der Waals surface area contributed by atoms with E-state index in [4.69, 9.17) is 4.74 Å². The molecule has 2 aliphatic heterocycles. The third-order valence-corrected chi connectivity index (χ3v) is 6.51.